The van der Waals surface area contributed by atoms with Crippen LogP contribution in [0, 0.1) is 0 Å². The third kappa shape index (κ3) is 3.90. The van der Waals surface area contributed by atoms with Gasteiger partial charge in [0.15, 0.2) is 5.82 Å². The molecule has 0 bridgehead atoms. The van der Waals surface area contributed by atoms with E-state index in [0.717, 1.165) is 55.3 Å². The van der Waals surface area contributed by atoms with Crippen molar-refractivity contribution < 1.29 is 4.42 Å². The highest BCUT2D eigenvalue weighted by molar-refractivity contribution is 6.16. The summed E-state index contributed by atoms with van der Waals surface area (Å²) < 4.78 is 9.08. The monoisotopic (exact) mass is 653 g/mol. The van der Waals surface area contributed by atoms with Gasteiger partial charge in [-0.2, -0.15) is 0 Å². The average Bonchev–Trinajstić information content (AvgIpc) is 3.80. The molecule has 0 radical (unpaired) electrons. The zero-order chi connectivity index (χ0) is 33.8. The van der Waals surface area contributed by atoms with Gasteiger partial charge in [-0.3, -0.25) is 0 Å². The van der Waals surface area contributed by atoms with E-state index in [9.17, 15) is 0 Å². The molecule has 1 aliphatic carbocycles. The van der Waals surface area contributed by atoms with Crippen LogP contribution in [0.5, 0.6) is 0 Å². The summed E-state index contributed by atoms with van der Waals surface area (Å²) in [6, 6.07) is 53.7. The molecule has 3 aromatic heterocycles. The quantitative estimate of drug-likeness (QED) is 0.191. The van der Waals surface area contributed by atoms with E-state index in [2.05, 4.69) is 146 Å². The minimum Gasteiger partial charge on any atom is -0.455 e. The molecule has 1 aliphatic rings. The summed E-state index contributed by atoms with van der Waals surface area (Å²) in [6.45, 7) is 4.72. The zero-order valence-electron chi connectivity index (χ0n) is 28.2. The molecular formula is C47H31N3O. The van der Waals surface area contributed by atoms with Crippen molar-refractivity contribution >= 4 is 54.6 Å². The third-order valence-corrected chi connectivity index (χ3v) is 11.0. The van der Waals surface area contributed by atoms with Gasteiger partial charge in [0, 0.05) is 54.7 Å². The van der Waals surface area contributed by atoms with Gasteiger partial charge in [0.1, 0.15) is 11.2 Å². The molecule has 0 saturated heterocycles. The van der Waals surface area contributed by atoms with Crippen molar-refractivity contribution in [3.05, 3.63) is 163 Å². The fraction of sp³-hybridized carbons (Fsp3) is 0.0638. The highest BCUT2D eigenvalue weighted by atomic mass is 16.3. The summed E-state index contributed by atoms with van der Waals surface area (Å²) in [7, 11) is 0. The highest BCUT2D eigenvalue weighted by Gasteiger charge is 2.40. The van der Waals surface area contributed by atoms with E-state index in [1.54, 1.807) is 0 Å². The largest absolute Gasteiger partial charge is 0.455 e. The maximum absolute atomic E-state index is 6.63. The predicted octanol–water partition coefficient (Wildman–Crippen LogP) is 12.3. The maximum atomic E-state index is 6.63. The molecule has 0 aliphatic heterocycles. The molecule has 11 rings (SSSR count). The van der Waals surface area contributed by atoms with Crippen LogP contribution < -0.4 is 0 Å². The second-order valence-corrected chi connectivity index (χ2v) is 14.2. The molecule has 0 atom stereocenters. The summed E-state index contributed by atoms with van der Waals surface area (Å²) in [5, 5.41) is 5.86. The van der Waals surface area contributed by atoms with Gasteiger partial charge in [0.25, 0.3) is 0 Å². The van der Waals surface area contributed by atoms with Gasteiger partial charge >= 0.3 is 0 Å². The van der Waals surface area contributed by atoms with Crippen LogP contribution in [0.15, 0.2) is 156 Å². The van der Waals surface area contributed by atoms with Crippen molar-refractivity contribution in [2.24, 2.45) is 0 Å². The number of benzene rings is 7. The summed E-state index contributed by atoms with van der Waals surface area (Å²) in [4.78, 5) is 10.2. The van der Waals surface area contributed by atoms with Crippen LogP contribution in [-0.4, -0.2) is 14.5 Å². The average molecular weight is 654 g/mol. The van der Waals surface area contributed by atoms with E-state index < -0.39 is 0 Å². The highest BCUT2D eigenvalue weighted by Crippen LogP contribution is 2.55. The summed E-state index contributed by atoms with van der Waals surface area (Å²) in [6.07, 6.45) is 0. The first-order valence-corrected chi connectivity index (χ1v) is 17.5. The minimum atomic E-state index is -0.254. The topological polar surface area (TPSA) is 43.9 Å². The van der Waals surface area contributed by atoms with Crippen LogP contribution in [-0.2, 0) is 5.41 Å². The number of furan rings is 1. The van der Waals surface area contributed by atoms with Crippen molar-refractivity contribution in [3.63, 3.8) is 0 Å². The molecule has 0 saturated carbocycles. The van der Waals surface area contributed by atoms with E-state index in [1.165, 1.54) is 44.1 Å². The number of aromatic nitrogens is 3. The van der Waals surface area contributed by atoms with E-state index >= 15 is 0 Å². The predicted molar refractivity (Wildman–Crippen MR) is 210 cm³/mol. The smallest absolute Gasteiger partial charge is 0.160 e. The first-order valence-electron chi connectivity index (χ1n) is 17.5. The Bertz CT molecular complexity index is 3040. The van der Waals surface area contributed by atoms with E-state index in [1.807, 2.05) is 24.3 Å². The Hall–Kier alpha value is -6.52. The Morgan fingerprint density at radius 1 is 0.549 bits per heavy atom. The van der Waals surface area contributed by atoms with E-state index in [-0.39, 0.29) is 5.41 Å². The van der Waals surface area contributed by atoms with Crippen LogP contribution in [0.4, 0.5) is 0 Å². The standard InChI is InChI=1S/C47H31N3O/c1-47(2)37-27-26-34-32-15-8-11-19-40(32)51-45(34)41(37)36-25-24-33-31-14-7-10-18-39(31)50(44(33)42(36)47)30-22-20-29(21-23-30)46-48-38-17-9-6-16-35(38)43(49-46)28-12-4-3-5-13-28/h3-27H,1-2H3. The number of fused-ring (bicyclic) bond motifs is 12. The fourth-order valence-electron chi connectivity index (χ4n) is 8.66. The number of nitrogens with zero attached hydrogens (tertiary/aromatic N) is 3. The number of hydrogen-bond donors (Lipinski definition) is 0. The molecule has 4 heteroatoms. The molecule has 0 amide bonds. The SMILES string of the molecule is CC1(C)c2ccc3c(oc4ccccc43)c2-c2ccc3c4ccccc4n(-c4ccc(-c5nc(-c6ccccc6)c6ccccc6n5)cc4)c3c21. The Balaban J connectivity index is 1.13. The lowest BCUT2D eigenvalue weighted by molar-refractivity contribution is 0.655. The first kappa shape index (κ1) is 28.3. The number of para-hydroxylation sites is 3. The molecule has 10 aromatic rings. The van der Waals surface area contributed by atoms with Crippen molar-refractivity contribution in [3.8, 4) is 39.5 Å². The molecule has 3 heterocycles. The van der Waals surface area contributed by atoms with Crippen molar-refractivity contribution in [1.29, 1.82) is 0 Å². The molecule has 7 aromatic carbocycles. The summed E-state index contributed by atoms with van der Waals surface area (Å²) in [5.74, 6) is 0.716. The van der Waals surface area contributed by atoms with Gasteiger partial charge in [0.05, 0.1) is 22.2 Å². The lowest BCUT2D eigenvalue weighted by Crippen LogP contribution is -2.16. The second-order valence-electron chi connectivity index (χ2n) is 14.2. The Morgan fingerprint density at radius 2 is 1.25 bits per heavy atom. The van der Waals surface area contributed by atoms with Crippen molar-refractivity contribution in [1.82, 2.24) is 14.5 Å². The number of hydrogen-bond acceptors (Lipinski definition) is 3. The Labute approximate surface area is 294 Å². The maximum Gasteiger partial charge on any atom is 0.160 e. The van der Waals surface area contributed by atoms with Gasteiger partial charge in [-0.1, -0.05) is 123 Å². The third-order valence-electron chi connectivity index (χ3n) is 11.0. The van der Waals surface area contributed by atoms with Crippen molar-refractivity contribution in [2.45, 2.75) is 19.3 Å². The van der Waals surface area contributed by atoms with Gasteiger partial charge in [0.2, 0.25) is 0 Å². The molecule has 0 spiro atoms. The van der Waals surface area contributed by atoms with Crippen LogP contribution in [0.1, 0.15) is 25.0 Å². The van der Waals surface area contributed by atoms with Crippen LogP contribution in [0.2, 0.25) is 0 Å². The second kappa shape index (κ2) is 10.3. The summed E-state index contributed by atoms with van der Waals surface area (Å²) in [5.41, 5.74) is 14.2. The normalized spacial score (nSPS) is 13.5. The molecule has 4 nitrogen and oxygen atoms in total. The van der Waals surface area contributed by atoms with Gasteiger partial charge < -0.3 is 8.98 Å². The molecule has 0 N–H and O–H groups in total. The molecule has 0 unspecified atom stereocenters. The van der Waals surface area contributed by atoms with Crippen LogP contribution >= 0.6 is 0 Å². The van der Waals surface area contributed by atoms with Crippen molar-refractivity contribution in [2.75, 3.05) is 0 Å². The Morgan fingerprint density at radius 3 is 2.10 bits per heavy atom. The Kier molecular flexibility index (Phi) is 5.70. The van der Waals surface area contributed by atoms with Gasteiger partial charge in [-0.25, -0.2) is 9.97 Å². The molecule has 51 heavy (non-hydrogen) atoms. The molecular weight excluding hydrogens is 623 g/mol. The van der Waals surface area contributed by atoms with Gasteiger partial charge in [-0.05, 0) is 59.2 Å². The molecule has 240 valence electrons. The fourth-order valence-corrected chi connectivity index (χ4v) is 8.66. The lowest BCUT2D eigenvalue weighted by Gasteiger charge is -2.23. The van der Waals surface area contributed by atoms with E-state index in [0.29, 0.717) is 5.82 Å². The summed E-state index contributed by atoms with van der Waals surface area (Å²) >= 11 is 0. The number of rotatable bonds is 3. The molecule has 0 fully saturated rings. The lowest BCUT2D eigenvalue weighted by atomic mass is 9.81. The van der Waals surface area contributed by atoms with Crippen LogP contribution in [0.3, 0.4) is 0 Å². The van der Waals surface area contributed by atoms with Crippen LogP contribution in [0.25, 0.3) is 94.1 Å². The van der Waals surface area contributed by atoms with E-state index in [4.69, 9.17) is 14.4 Å². The first-order chi connectivity index (χ1) is 25.1. The zero-order valence-corrected chi connectivity index (χ0v) is 28.2. The van der Waals surface area contributed by atoms with Gasteiger partial charge in [-0.15, -0.1) is 0 Å². The minimum absolute atomic E-state index is 0.254.